The Balaban J connectivity index is 2.31. The van der Waals surface area contributed by atoms with Gasteiger partial charge in [0, 0.05) is 5.56 Å². The van der Waals surface area contributed by atoms with E-state index in [1.807, 2.05) is 12.1 Å². The molecule has 0 amide bonds. The van der Waals surface area contributed by atoms with Crippen LogP contribution in [0.1, 0.15) is 5.56 Å². The van der Waals surface area contributed by atoms with E-state index in [0.29, 0.717) is 18.5 Å². The minimum Gasteiger partial charge on any atom is -0.508 e. The standard InChI is InChI=1S/C10H11BrO3/c11-7-10(13-5-6-14-10)8-1-3-9(12)4-2-8/h1-4,12H,5-7H2. The van der Waals surface area contributed by atoms with Crippen molar-refractivity contribution >= 4 is 15.9 Å². The van der Waals surface area contributed by atoms with Gasteiger partial charge in [-0.25, -0.2) is 0 Å². The van der Waals surface area contributed by atoms with E-state index in [9.17, 15) is 0 Å². The van der Waals surface area contributed by atoms with Gasteiger partial charge >= 0.3 is 0 Å². The molecule has 2 rings (SSSR count). The van der Waals surface area contributed by atoms with E-state index in [4.69, 9.17) is 14.6 Å². The monoisotopic (exact) mass is 258 g/mol. The van der Waals surface area contributed by atoms with E-state index in [0.717, 1.165) is 5.56 Å². The number of alkyl halides is 1. The van der Waals surface area contributed by atoms with Crippen molar-refractivity contribution in [2.75, 3.05) is 18.5 Å². The summed E-state index contributed by atoms with van der Waals surface area (Å²) < 4.78 is 11.1. The molecule has 1 fully saturated rings. The molecular formula is C10H11BrO3. The molecule has 0 aromatic heterocycles. The number of halogens is 1. The summed E-state index contributed by atoms with van der Waals surface area (Å²) in [6, 6.07) is 6.87. The van der Waals surface area contributed by atoms with Gasteiger partial charge < -0.3 is 14.6 Å². The van der Waals surface area contributed by atoms with E-state index < -0.39 is 5.79 Å². The van der Waals surface area contributed by atoms with Crippen molar-refractivity contribution in [3.8, 4) is 5.75 Å². The van der Waals surface area contributed by atoms with Crippen LogP contribution in [0, 0.1) is 0 Å². The fraction of sp³-hybridized carbons (Fsp3) is 0.400. The third-order valence-corrected chi connectivity index (χ3v) is 2.98. The van der Waals surface area contributed by atoms with Gasteiger partial charge in [0.25, 0.3) is 0 Å². The van der Waals surface area contributed by atoms with E-state index in [2.05, 4.69) is 15.9 Å². The maximum Gasteiger partial charge on any atom is 0.204 e. The summed E-state index contributed by atoms with van der Waals surface area (Å²) in [4.78, 5) is 0. The summed E-state index contributed by atoms with van der Waals surface area (Å²) in [5.74, 6) is -0.426. The van der Waals surface area contributed by atoms with Crippen LogP contribution in [0.2, 0.25) is 0 Å². The minimum absolute atomic E-state index is 0.247. The minimum atomic E-state index is -0.673. The third-order valence-electron chi connectivity index (χ3n) is 2.24. The lowest BCUT2D eigenvalue weighted by atomic mass is 10.1. The number of phenolic OH excluding ortho intramolecular Hbond substituents is 1. The molecule has 0 unspecified atom stereocenters. The van der Waals surface area contributed by atoms with Gasteiger partial charge in [-0.15, -0.1) is 0 Å². The number of rotatable bonds is 2. The molecule has 4 heteroatoms. The van der Waals surface area contributed by atoms with Crippen LogP contribution in [0.5, 0.6) is 5.75 Å². The summed E-state index contributed by atoms with van der Waals surface area (Å²) in [6.45, 7) is 1.21. The lowest BCUT2D eigenvalue weighted by molar-refractivity contribution is -0.144. The van der Waals surface area contributed by atoms with Gasteiger partial charge in [-0.3, -0.25) is 0 Å². The number of phenols is 1. The third kappa shape index (κ3) is 1.65. The molecule has 1 aliphatic rings. The van der Waals surface area contributed by atoms with Crippen molar-refractivity contribution in [1.82, 2.24) is 0 Å². The first-order valence-corrected chi connectivity index (χ1v) is 5.52. The Labute approximate surface area is 90.8 Å². The normalized spacial score (nSPS) is 19.8. The van der Waals surface area contributed by atoms with Crippen LogP contribution in [-0.4, -0.2) is 23.7 Å². The maximum absolute atomic E-state index is 9.16. The SMILES string of the molecule is Oc1ccc(C2(CBr)OCCO2)cc1. The molecule has 0 aliphatic carbocycles. The van der Waals surface area contributed by atoms with Crippen molar-refractivity contribution in [2.24, 2.45) is 0 Å². The average molecular weight is 259 g/mol. The van der Waals surface area contributed by atoms with Gasteiger partial charge in [0.05, 0.1) is 18.5 Å². The van der Waals surface area contributed by atoms with Crippen LogP contribution >= 0.6 is 15.9 Å². The highest BCUT2D eigenvalue weighted by Crippen LogP contribution is 2.33. The Bertz CT molecular complexity index is 304. The van der Waals surface area contributed by atoms with E-state index in [1.165, 1.54) is 0 Å². The van der Waals surface area contributed by atoms with Crippen LogP contribution in [0.4, 0.5) is 0 Å². The molecule has 0 radical (unpaired) electrons. The fourth-order valence-corrected chi connectivity index (χ4v) is 2.14. The zero-order valence-electron chi connectivity index (χ0n) is 7.57. The quantitative estimate of drug-likeness (QED) is 0.825. The Hall–Kier alpha value is -0.580. The van der Waals surface area contributed by atoms with Gasteiger partial charge in [0.1, 0.15) is 5.75 Å². The highest BCUT2D eigenvalue weighted by atomic mass is 79.9. The second kappa shape index (κ2) is 3.88. The lowest BCUT2D eigenvalue weighted by Gasteiger charge is -2.25. The summed E-state index contributed by atoms with van der Waals surface area (Å²) in [7, 11) is 0. The van der Waals surface area contributed by atoms with Crippen LogP contribution in [0.15, 0.2) is 24.3 Å². The van der Waals surface area contributed by atoms with Gasteiger partial charge in [-0.05, 0) is 24.3 Å². The molecule has 76 valence electrons. The van der Waals surface area contributed by atoms with E-state index in [1.54, 1.807) is 12.1 Å². The van der Waals surface area contributed by atoms with Gasteiger partial charge in [0.15, 0.2) is 0 Å². The number of hydrogen-bond acceptors (Lipinski definition) is 3. The Morgan fingerprint density at radius 2 is 1.79 bits per heavy atom. The summed E-state index contributed by atoms with van der Waals surface area (Å²) in [5, 5.41) is 9.75. The van der Waals surface area contributed by atoms with Crippen LogP contribution < -0.4 is 0 Å². The number of aromatic hydroxyl groups is 1. The van der Waals surface area contributed by atoms with Crippen molar-refractivity contribution in [2.45, 2.75) is 5.79 Å². The maximum atomic E-state index is 9.16. The van der Waals surface area contributed by atoms with Crippen LogP contribution in [0.25, 0.3) is 0 Å². The number of hydrogen-bond donors (Lipinski definition) is 1. The Kier molecular flexibility index (Phi) is 2.76. The molecule has 0 saturated carbocycles. The van der Waals surface area contributed by atoms with Crippen molar-refractivity contribution < 1.29 is 14.6 Å². The average Bonchev–Trinajstić information content (AvgIpc) is 2.68. The highest BCUT2D eigenvalue weighted by molar-refractivity contribution is 9.09. The van der Waals surface area contributed by atoms with Crippen molar-refractivity contribution in [3.05, 3.63) is 29.8 Å². The molecule has 1 saturated heterocycles. The molecule has 0 bridgehead atoms. The molecular weight excluding hydrogens is 248 g/mol. The molecule has 0 spiro atoms. The van der Waals surface area contributed by atoms with Crippen LogP contribution in [0.3, 0.4) is 0 Å². The molecule has 1 N–H and O–H groups in total. The van der Waals surface area contributed by atoms with Gasteiger partial charge in [0.2, 0.25) is 5.79 Å². The molecule has 14 heavy (non-hydrogen) atoms. The highest BCUT2D eigenvalue weighted by Gasteiger charge is 2.37. The summed E-state index contributed by atoms with van der Waals surface area (Å²) in [5.41, 5.74) is 0.921. The molecule has 0 atom stereocenters. The van der Waals surface area contributed by atoms with Crippen LogP contribution in [-0.2, 0) is 15.3 Å². The van der Waals surface area contributed by atoms with Crippen molar-refractivity contribution in [3.63, 3.8) is 0 Å². The largest absolute Gasteiger partial charge is 0.508 e. The first-order valence-electron chi connectivity index (χ1n) is 4.40. The predicted molar refractivity (Wildman–Crippen MR) is 55.5 cm³/mol. The Morgan fingerprint density at radius 1 is 1.21 bits per heavy atom. The van der Waals surface area contributed by atoms with Gasteiger partial charge in [-0.1, -0.05) is 15.9 Å². The summed E-state index contributed by atoms with van der Waals surface area (Å²) >= 11 is 3.38. The van der Waals surface area contributed by atoms with Gasteiger partial charge in [-0.2, -0.15) is 0 Å². The molecule has 1 heterocycles. The van der Waals surface area contributed by atoms with E-state index >= 15 is 0 Å². The van der Waals surface area contributed by atoms with E-state index in [-0.39, 0.29) is 5.75 Å². The zero-order chi connectivity index (χ0) is 10.0. The molecule has 3 nitrogen and oxygen atoms in total. The summed E-state index contributed by atoms with van der Waals surface area (Å²) in [6.07, 6.45) is 0. The fourth-order valence-electron chi connectivity index (χ4n) is 1.49. The molecule has 1 aromatic rings. The first-order chi connectivity index (χ1) is 6.77. The number of ether oxygens (including phenoxy) is 2. The lowest BCUT2D eigenvalue weighted by Crippen LogP contribution is -2.28. The topological polar surface area (TPSA) is 38.7 Å². The Morgan fingerprint density at radius 3 is 2.29 bits per heavy atom. The zero-order valence-corrected chi connectivity index (χ0v) is 9.16. The predicted octanol–water partition coefficient (Wildman–Crippen LogP) is 1.99. The smallest absolute Gasteiger partial charge is 0.204 e. The van der Waals surface area contributed by atoms with Crippen molar-refractivity contribution in [1.29, 1.82) is 0 Å². The first kappa shape index (κ1) is 9.96. The second-order valence-corrected chi connectivity index (χ2v) is 3.69. The number of benzene rings is 1. The second-order valence-electron chi connectivity index (χ2n) is 3.13. The molecule has 1 aliphatic heterocycles. The molecule has 1 aromatic carbocycles.